The molecular weight excluding hydrogens is 222 g/mol. The van der Waals surface area contributed by atoms with Crippen LogP contribution >= 0.6 is 0 Å². The Balaban J connectivity index is 3.17. The van der Waals surface area contributed by atoms with Crippen molar-refractivity contribution in [3.05, 3.63) is 17.5 Å². The Labute approximate surface area is 112 Å². The lowest BCUT2D eigenvalue weighted by Crippen LogP contribution is -2.27. The minimum absolute atomic E-state index is 0.130. The van der Waals surface area contributed by atoms with Crippen LogP contribution in [-0.2, 0) is 17.4 Å². The molecule has 0 bridgehead atoms. The molecule has 3 nitrogen and oxygen atoms in total. The first kappa shape index (κ1) is 15.2. The van der Waals surface area contributed by atoms with Gasteiger partial charge in [0.25, 0.3) is 0 Å². The van der Waals surface area contributed by atoms with Gasteiger partial charge in [-0.3, -0.25) is 4.68 Å². The van der Waals surface area contributed by atoms with Crippen molar-refractivity contribution in [3.63, 3.8) is 0 Å². The maximum atomic E-state index is 4.61. The fourth-order valence-corrected chi connectivity index (χ4v) is 2.19. The van der Waals surface area contributed by atoms with Gasteiger partial charge in [-0.2, -0.15) is 5.10 Å². The Morgan fingerprint density at radius 3 is 2.00 bits per heavy atom. The molecule has 0 saturated carbocycles. The standard InChI is InChI=1S/C15H29N3/c1-14(2,3)12-11-16-18(10-9-17(7)8)13(12)15(4,5)6/h11H,9-10H2,1-8H3. The molecule has 0 aliphatic carbocycles. The van der Waals surface area contributed by atoms with E-state index in [9.17, 15) is 0 Å². The van der Waals surface area contributed by atoms with Crippen molar-refractivity contribution in [3.8, 4) is 0 Å². The van der Waals surface area contributed by atoms with Crippen LogP contribution in [0.5, 0.6) is 0 Å². The third-order valence-corrected chi connectivity index (χ3v) is 3.12. The molecule has 1 aromatic rings. The van der Waals surface area contributed by atoms with Gasteiger partial charge >= 0.3 is 0 Å². The molecule has 0 aromatic carbocycles. The average molecular weight is 251 g/mol. The maximum Gasteiger partial charge on any atom is 0.0539 e. The summed E-state index contributed by atoms with van der Waals surface area (Å²) in [6.45, 7) is 15.6. The number of hydrogen-bond acceptors (Lipinski definition) is 2. The van der Waals surface area contributed by atoms with Crippen LogP contribution in [0.1, 0.15) is 52.8 Å². The Kier molecular flexibility index (Phi) is 4.26. The molecule has 0 atom stereocenters. The van der Waals surface area contributed by atoms with E-state index in [1.807, 2.05) is 0 Å². The summed E-state index contributed by atoms with van der Waals surface area (Å²) in [5, 5.41) is 4.61. The van der Waals surface area contributed by atoms with E-state index < -0.39 is 0 Å². The zero-order valence-corrected chi connectivity index (χ0v) is 13.3. The average Bonchev–Trinajstić information content (AvgIpc) is 2.56. The molecule has 1 aromatic heterocycles. The van der Waals surface area contributed by atoms with Gasteiger partial charge in [0.05, 0.1) is 12.7 Å². The van der Waals surface area contributed by atoms with E-state index in [4.69, 9.17) is 0 Å². The van der Waals surface area contributed by atoms with E-state index in [1.165, 1.54) is 11.3 Å². The zero-order valence-electron chi connectivity index (χ0n) is 13.3. The van der Waals surface area contributed by atoms with Crippen LogP contribution in [0.25, 0.3) is 0 Å². The summed E-state index contributed by atoms with van der Waals surface area (Å²) in [7, 11) is 4.20. The maximum absolute atomic E-state index is 4.61. The Morgan fingerprint density at radius 2 is 1.61 bits per heavy atom. The normalized spacial score (nSPS) is 13.4. The molecule has 1 rings (SSSR count). The van der Waals surface area contributed by atoms with Crippen LogP contribution in [-0.4, -0.2) is 35.3 Å². The third kappa shape index (κ3) is 3.58. The summed E-state index contributed by atoms with van der Waals surface area (Å²) >= 11 is 0. The highest BCUT2D eigenvalue weighted by atomic mass is 15.3. The molecule has 0 amide bonds. The van der Waals surface area contributed by atoms with Crippen molar-refractivity contribution < 1.29 is 0 Å². The first-order chi connectivity index (χ1) is 8.03. The van der Waals surface area contributed by atoms with Gasteiger partial charge in [0.2, 0.25) is 0 Å². The fraction of sp³-hybridized carbons (Fsp3) is 0.800. The highest BCUT2D eigenvalue weighted by Crippen LogP contribution is 2.33. The summed E-state index contributed by atoms with van der Waals surface area (Å²) in [4.78, 5) is 2.20. The summed E-state index contributed by atoms with van der Waals surface area (Å²) in [6.07, 6.45) is 2.05. The highest BCUT2D eigenvalue weighted by Gasteiger charge is 2.29. The highest BCUT2D eigenvalue weighted by molar-refractivity contribution is 5.31. The number of nitrogens with zero attached hydrogens (tertiary/aromatic N) is 3. The number of aromatic nitrogens is 2. The van der Waals surface area contributed by atoms with E-state index >= 15 is 0 Å². The molecule has 0 N–H and O–H groups in total. The van der Waals surface area contributed by atoms with E-state index in [0.717, 1.165) is 13.1 Å². The van der Waals surface area contributed by atoms with Crippen molar-refractivity contribution in [1.29, 1.82) is 0 Å². The Bertz CT molecular complexity index is 389. The molecule has 0 radical (unpaired) electrons. The summed E-state index contributed by atoms with van der Waals surface area (Å²) < 4.78 is 2.18. The molecule has 0 fully saturated rings. The van der Waals surface area contributed by atoms with Crippen molar-refractivity contribution in [2.45, 2.75) is 58.9 Å². The lowest BCUT2D eigenvalue weighted by atomic mass is 9.79. The minimum atomic E-state index is 0.130. The summed E-state index contributed by atoms with van der Waals surface area (Å²) in [5.74, 6) is 0. The van der Waals surface area contributed by atoms with Gasteiger partial charge in [0.15, 0.2) is 0 Å². The van der Waals surface area contributed by atoms with Gasteiger partial charge in [-0.25, -0.2) is 0 Å². The van der Waals surface area contributed by atoms with Crippen molar-refractivity contribution >= 4 is 0 Å². The summed E-state index contributed by atoms with van der Waals surface area (Å²) in [5.41, 5.74) is 3.02. The van der Waals surface area contributed by atoms with Gasteiger partial charge in [-0.1, -0.05) is 41.5 Å². The second-order valence-corrected chi connectivity index (χ2v) is 7.43. The van der Waals surface area contributed by atoms with Gasteiger partial charge in [0.1, 0.15) is 0 Å². The van der Waals surface area contributed by atoms with Gasteiger partial charge in [-0.15, -0.1) is 0 Å². The van der Waals surface area contributed by atoms with Crippen molar-refractivity contribution in [2.24, 2.45) is 0 Å². The Morgan fingerprint density at radius 1 is 1.06 bits per heavy atom. The van der Waals surface area contributed by atoms with E-state index in [2.05, 4.69) is 76.5 Å². The van der Waals surface area contributed by atoms with Crippen molar-refractivity contribution in [2.75, 3.05) is 20.6 Å². The van der Waals surface area contributed by atoms with Crippen LogP contribution in [0.4, 0.5) is 0 Å². The lowest BCUT2D eigenvalue weighted by molar-refractivity contribution is 0.358. The van der Waals surface area contributed by atoms with E-state index in [1.54, 1.807) is 0 Å². The zero-order chi connectivity index (χ0) is 14.1. The molecule has 3 heteroatoms. The van der Waals surface area contributed by atoms with Gasteiger partial charge in [0, 0.05) is 17.7 Å². The van der Waals surface area contributed by atoms with E-state index in [0.29, 0.717) is 0 Å². The Hall–Kier alpha value is -0.830. The second-order valence-electron chi connectivity index (χ2n) is 7.43. The monoisotopic (exact) mass is 251 g/mol. The first-order valence-corrected chi connectivity index (χ1v) is 6.75. The molecule has 0 aliphatic rings. The van der Waals surface area contributed by atoms with Crippen LogP contribution in [0.3, 0.4) is 0 Å². The lowest BCUT2D eigenvalue weighted by Gasteiger charge is -2.28. The predicted octanol–water partition coefficient (Wildman–Crippen LogP) is 3.04. The first-order valence-electron chi connectivity index (χ1n) is 6.75. The van der Waals surface area contributed by atoms with Crippen LogP contribution in [0, 0.1) is 0 Å². The molecule has 104 valence electrons. The number of hydrogen-bond donors (Lipinski definition) is 0. The summed E-state index contributed by atoms with van der Waals surface area (Å²) in [6, 6.07) is 0. The number of rotatable bonds is 3. The molecule has 0 aliphatic heterocycles. The topological polar surface area (TPSA) is 21.1 Å². The van der Waals surface area contributed by atoms with Crippen LogP contribution < -0.4 is 0 Å². The molecule has 0 saturated heterocycles. The van der Waals surface area contributed by atoms with Gasteiger partial charge in [-0.05, 0) is 25.1 Å². The predicted molar refractivity (Wildman–Crippen MR) is 78.2 cm³/mol. The quantitative estimate of drug-likeness (QED) is 0.823. The van der Waals surface area contributed by atoms with Crippen LogP contribution in [0.2, 0.25) is 0 Å². The molecular formula is C15H29N3. The third-order valence-electron chi connectivity index (χ3n) is 3.12. The van der Waals surface area contributed by atoms with Crippen LogP contribution in [0.15, 0.2) is 6.20 Å². The van der Waals surface area contributed by atoms with Crippen molar-refractivity contribution in [1.82, 2.24) is 14.7 Å². The minimum Gasteiger partial charge on any atom is -0.308 e. The molecule has 18 heavy (non-hydrogen) atoms. The van der Waals surface area contributed by atoms with Gasteiger partial charge < -0.3 is 4.90 Å². The molecule has 0 spiro atoms. The SMILES string of the molecule is CN(C)CCn1ncc(C(C)(C)C)c1C(C)(C)C. The number of likely N-dealkylation sites (N-methyl/N-ethyl adjacent to an activating group) is 1. The largest absolute Gasteiger partial charge is 0.308 e. The molecule has 1 heterocycles. The molecule has 0 unspecified atom stereocenters. The smallest absolute Gasteiger partial charge is 0.0539 e. The second kappa shape index (κ2) is 5.04. The van der Waals surface area contributed by atoms with E-state index in [-0.39, 0.29) is 10.8 Å². The fourth-order valence-electron chi connectivity index (χ4n) is 2.19.